The van der Waals surface area contributed by atoms with Crippen LogP contribution in [0.4, 0.5) is 19.0 Å². The molecule has 0 bridgehead atoms. The molecule has 0 aliphatic carbocycles. The van der Waals surface area contributed by atoms with Crippen molar-refractivity contribution in [3.05, 3.63) is 30.7 Å². The third kappa shape index (κ3) is 12.0. The normalized spacial score (nSPS) is 18.8. The minimum absolute atomic E-state index is 0.0453. The Kier molecular flexibility index (Phi) is 14.9. The second kappa shape index (κ2) is 17.8. The Morgan fingerprint density at radius 1 is 1.26 bits per heavy atom. The van der Waals surface area contributed by atoms with Gasteiger partial charge in [0, 0.05) is 38.0 Å². The molecule has 1 amide bonds. The van der Waals surface area contributed by atoms with Gasteiger partial charge in [-0.2, -0.15) is 13.2 Å². The molecular formula is C33H49F3N6O5S2Si. The highest BCUT2D eigenvalue weighted by Gasteiger charge is 2.42. The number of aliphatic imine (C=N–C) groups is 1. The van der Waals surface area contributed by atoms with Crippen LogP contribution in [-0.2, 0) is 23.4 Å². The van der Waals surface area contributed by atoms with Gasteiger partial charge in [-0.25, -0.2) is 15.0 Å². The zero-order valence-electron chi connectivity index (χ0n) is 30.2. The molecule has 2 aromatic heterocycles. The number of carbonyl (C=O) groups is 1. The van der Waals surface area contributed by atoms with Crippen LogP contribution in [0.3, 0.4) is 0 Å². The van der Waals surface area contributed by atoms with Gasteiger partial charge in [-0.3, -0.25) is 4.79 Å². The fourth-order valence-corrected chi connectivity index (χ4v) is 7.56. The lowest BCUT2D eigenvalue weighted by molar-refractivity contribution is -0.173. The van der Waals surface area contributed by atoms with Crippen molar-refractivity contribution in [2.24, 2.45) is 4.99 Å². The number of carbonyl (C=O) groups excluding carboxylic acids is 1. The summed E-state index contributed by atoms with van der Waals surface area (Å²) in [6.45, 7) is 19.0. The van der Waals surface area contributed by atoms with Gasteiger partial charge >= 0.3 is 12.1 Å². The van der Waals surface area contributed by atoms with Crippen molar-refractivity contribution in [3.8, 4) is 11.8 Å². The summed E-state index contributed by atoms with van der Waals surface area (Å²) >= 11 is 0. The largest absolute Gasteiger partial charge is 0.471 e. The molecule has 11 nitrogen and oxygen atoms in total. The standard InChI is InChI=1S/C33H49F3N6O5S2Si/c1-11-14-45-24-16-26(47-25(24)18-46-50(9,10)31(2,3)4)42-17-23(27-28(40-21-41(7)8)38-20-39-29(27)42)13-12-15-44-22-48-49-32(5,6)19-37-30(43)33(34,35)36/h11,17,20-21,24-26H,1,14-16,18-19,22H2,2-10H3,(H,37,43)/b40-21+/t24?,25-,26-/m1/s1. The second-order valence-corrected chi connectivity index (χ2v) is 21.8. The molecule has 50 heavy (non-hydrogen) atoms. The highest BCUT2D eigenvalue weighted by Crippen LogP contribution is 2.40. The third-order valence-corrected chi connectivity index (χ3v) is 15.6. The Balaban J connectivity index is 1.77. The minimum Gasteiger partial charge on any atom is -0.414 e. The van der Waals surface area contributed by atoms with E-state index in [0.717, 1.165) is 0 Å². The smallest absolute Gasteiger partial charge is 0.414 e. The van der Waals surface area contributed by atoms with Gasteiger partial charge in [-0.1, -0.05) is 60.3 Å². The highest BCUT2D eigenvalue weighted by atomic mass is 33.1. The number of fused-ring (bicyclic) bond motifs is 1. The van der Waals surface area contributed by atoms with Crippen molar-refractivity contribution in [2.75, 3.05) is 46.4 Å². The van der Waals surface area contributed by atoms with Crippen LogP contribution in [0.15, 0.2) is 30.2 Å². The van der Waals surface area contributed by atoms with Gasteiger partial charge < -0.3 is 33.4 Å². The fourth-order valence-electron chi connectivity index (χ4n) is 4.41. The number of amides is 1. The van der Waals surface area contributed by atoms with E-state index < -0.39 is 31.4 Å². The Hall–Kier alpha value is -2.59. The van der Waals surface area contributed by atoms with E-state index in [1.54, 1.807) is 31.2 Å². The summed E-state index contributed by atoms with van der Waals surface area (Å²) in [5.41, 5.74) is 1.26. The summed E-state index contributed by atoms with van der Waals surface area (Å²) in [5, 5.41) is 2.63. The van der Waals surface area contributed by atoms with E-state index in [-0.39, 0.29) is 36.3 Å². The SMILES string of the molecule is C=CCOC1C[C@H](n2cc(C#CCOCSSC(C)(C)CNC(=O)C(F)(F)F)c3c(/N=C/N(C)C)ncnc32)O[C@@H]1CO[Si](C)(C)C(C)(C)C. The average molecular weight is 759 g/mol. The first-order valence-corrected chi connectivity index (χ1v) is 21.3. The summed E-state index contributed by atoms with van der Waals surface area (Å²) in [6, 6.07) is 0. The zero-order chi connectivity index (χ0) is 37.3. The molecule has 278 valence electrons. The van der Waals surface area contributed by atoms with Crippen molar-refractivity contribution in [1.82, 2.24) is 24.8 Å². The molecule has 1 fully saturated rings. The summed E-state index contributed by atoms with van der Waals surface area (Å²) in [7, 11) is 4.32. The van der Waals surface area contributed by atoms with Crippen LogP contribution in [0.2, 0.25) is 18.1 Å². The van der Waals surface area contributed by atoms with E-state index in [0.29, 0.717) is 42.0 Å². The van der Waals surface area contributed by atoms with Crippen LogP contribution in [0.1, 0.15) is 52.8 Å². The number of rotatable bonds is 16. The lowest BCUT2D eigenvalue weighted by Crippen LogP contribution is -2.44. The minimum atomic E-state index is -4.91. The number of nitrogens with zero attached hydrogens (tertiary/aromatic N) is 5. The maximum absolute atomic E-state index is 12.5. The van der Waals surface area contributed by atoms with Crippen molar-refractivity contribution >= 4 is 59.0 Å². The third-order valence-electron chi connectivity index (χ3n) is 8.08. The van der Waals surface area contributed by atoms with E-state index in [1.807, 2.05) is 30.2 Å². The van der Waals surface area contributed by atoms with E-state index in [2.05, 4.69) is 67.2 Å². The van der Waals surface area contributed by atoms with Gasteiger partial charge in [0.2, 0.25) is 0 Å². The van der Waals surface area contributed by atoms with Crippen molar-refractivity contribution < 1.29 is 36.6 Å². The summed E-state index contributed by atoms with van der Waals surface area (Å²) in [6.07, 6.45) is 1.43. The number of hydrogen-bond acceptors (Lipinski definition) is 10. The molecular weight excluding hydrogens is 710 g/mol. The first kappa shape index (κ1) is 41.8. The molecule has 0 radical (unpaired) electrons. The van der Waals surface area contributed by atoms with Crippen LogP contribution in [0.25, 0.3) is 11.0 Å². The maximum Gasteiger partial charge on any atom is 0.471 e. The number of halogens is 3. The predicted molar refractivity (Wildman–Crippen MR) is 197 cm³/mol. The zero-order valence-corrected chi connectivity index (χ0v) is 32.9. The number of aromatic nitrogens is 3. The van der Waals surface area contributed by atoms with Gasteiger partial charge in [0.25, 0.3) is 0 Å². The molecule has 1 aliphatic rings. The number of ether oxygens (including phenoxy) is 3. The van der Waals surface area contributed by atoms with Crippen molar-refractivity contribution in [3.63, 3.8) is 0 Å². The van der Waals surface area contributed by atoms with E-state index >= 15 is 0 Å². The monoisotopic (exact) mass is 758 g/mol. The first-order chi connectivity index (χ1) is 23.3. The molecule has 3 rings (SSSR count). The van der Waals surface area contributed by atoms with E-state index in [1.165, 1.54) is 27.9 Å². The van der Waals surface area contributed by atoms with Crippen molar-refractivity contribution in [1.29, 1.82) is 0 Å². The Bertz CT molecular complexity index is 1550. The molecule has 0 saturated carbocycles. The Morgan fingerprint density at radius 3 is 2.62 bits per heavy atom. The van der Waals surface area contributed by atoms with Crippen LogP contribution in [-0.4, -0.2) is 110 Å². The van der Waals surface area contributed by atoms with E-state index in [4.69, 9.17) is 18.6 Å². The van der Waals surface area contributed by atoms with Gasteiger partial charge in [0.1, 0.15) is 36.9 Å². The lowest BCUT2D eigenvalue weighted by Gasteiger charge is -2.37. The summed E-state index contributed by atoms with van der Waals surface area (Å²) in [4.78, 5) is 26.5. The molecule has 3 heterocycles. The average Bonchev–Trinajstić information content (AvgIpc) is 3.60. The predicted octanol–water partition coefficient (Wildman–Crippen LogP) is 6.70. The van der Waals surface area contributed by atoms with Crippen LogP contribution < -0.4 is 5.32 Å². The van der Waals surface area contributed by atoms with Gasteiger partial charge in [-0.15, -0.1) is 6.58 Å². The van der Waals surface area contributed by atoms with Gasteiger partial charge in [0.05, 0.1) is 36.6 Å². The van der Waals surface area contributed by atoms with Crippen LogP contribution in [0.5, 0.6) is 0 Å². The summed E-state index contributed by atoms with van der Waals surface area (Å²) < 4.78 is 63.8. The second-order valence-electron chi connectivity index (χ2n) is 14.1. The van der Waals surface area contributed by atoms with Gasteiger partial charge in [0.15, 0.2) is 14.1 Å². The van der Waals surface area contributed by atoms with E-state index in [9.17, 15) is 18.0 Å². The topological polar surface area (TPSA) is 112 Å². The van der Waals surface area contributed by atoms with Crippen LogP contribution >= 0.6 is 21.6 Å². The maximum atomic E-state index is 12.5. The van der Waals surface area contributed by atoms with Crippen molar-refractivity contribution in [2.45, 2.75) is 88.5 Å². The molecule has 2 aromatic rings. The lowest BCUT2D eigenvalue weighted by atomic mass is 10.2. The summed E-state index contributed by atoms with van der Waals surface area (Å²) in [5.74, 6) is 4.95. The quantitative estimate of drug-likeness (QED) is 0.0290. The molecule has 1 unspecified atom stereocenters. The molecule has 0 aromatic carbocycles. The number of hydrogen-bond donors (Lipinski definition) is 1. The first-order valence-electron chi connectivity index (χ1n) is 16.1. The molecule has 17 heteroatoms. The fraction of sp³-hybridized carbons (Fsp3) is 0.636. The number of alkyl halides is 3. The molecule has 1 saturated heterocycles. The Labute approximate surface area is 302 Å². The number of nitrogens with one attached hydrogen (secondary N) is 1. The molecule has 1 aliphatic heterocycles. The van der Waals surface area contributed by atoms with Crippen LogP contribution in [0, 0.1) is 11.8 Å². The molecule has 1 N–H and O–H groups in total. The molecule has 3 atom stereocenters. The van der Waals surface area contributed by atoms with Gasteiger partial charge in [-0.05, 0) is 32.0 Å². The highest BCUT2D eigenvalue weighted by molar-refractivity contribution is 8.77. The molecule has 0 spiro atoms. The Morgan fingerprint density at radius 2 is 1.98 bits per heavy atom.